The van der Waals surface area contributed by atoms with Crippen molar-refractivity contribution in [3.05, 3.63) is 0 Å². The number of rotatable bonds is 3. The summed E-state index contributed by atoms with van der Waals surface area (Å²) < 4.78 is 22.7. The number of nitrogens with one attached hydrogen (secondary N) is 1. The molecule has 2 saturated heterocycles. The number of nitrogens with zero attached hydrogens (tertiary/aromatic N) is 1. The van der Waals surface area contributed by atoms with Gasteiger partial charge < -0.3 is 5.32 Å². The number of carbonyl (C=O) groups is 1. The first-order chi connectivity index (χ1) is 8.84. The minimum Gasteiger partial charge on any atom is -0.351 e. The van der Waals surface area contributed by atoms with E-state index in [1.165, 1.54) is 6.42 Å². The van der Waals surface area contributed by atoms with E-state index in [9.17, 15) is 13.2 Å². The summed E-state index contributed by atoms with van der Waals surface area (Å²) in [5, 5.41) is 2.85. The molecule has 0 radical (unpaired) electrons. The van der Waals surface area contributed by atoms with Crippen LogP contribution >= 0.6 is 0 Å². The Balaban J connectivity index is 1.78. The number of hydrogen-bond acceptors (Lipinski definition) is 4. The minimum absolute atomic E-state index is 0.0385. The van der Waals surface area contributed by atoms with Gasteiger partial charge in [-0.05, 0) is 24.7 Å². The van der Waals surface area contributed by atoms with E-state index in [2.05, 4.69) is 24.1 Å². The van der Waals surface area contributed by atoms with Crippen LogP contribution in [0.2, 0.25) is 0 Å². The summed E-state index contributed by atoms with van der Waals surface area (Å²) in [5.74, 6) is 1.52. The van der Waals surface area contributed by atoms with Gasteiger partial charge in [0.2, 0.25) is 5.91 Å². The average molecular weight is 288 g/mol. The maximum atomic E-state index is 11.9. The largest absolute Gasteiger partial charge is 0.351 e. The number of sulfone groups is 1. The van der Waals surface area contributed by atoms with E-state index in [0.717, 1.165) is 13.1 Å². The predicted molar refractivity (Wildman–Crippen MR) is 74.6 cm³/mol. The van der Waals surface area contributed by atoms with Crippen LogP contribution in [0.3, 0.4) is 0 Å². The smallest absolute Gasteiger partial charge is 0.234 e. The number of likely N-dealkylation sites (tertiary alicyclic amines) is 1. The van der Waals surface area contributed by atoms with Crippen molar-refractivity contribution in [1.29, 1.82) is 0 Å². The van der Waals surface area contributed by atoms with Crippen molar-refractivity contribution in [3.8, 4) is 0 Å². The van der Waals surface area contributed by atoms with Gasteiger partial charge in [-0.3, -0.25) is 9.69 Å². The van der Waals surface area contributed by atoms with Crippen LogP contribution in [0.25, 0.3) is 0 Å². The molecule has 5 nitrogen and oxygen atoms in total. The van der Waals surface area contributed by atoms with Gasteiger partial charge in [-0.1, -0.05) is 13.8 Å². The molecule has 19 heavy (non-hydrogen) atoms. The summed E-state index contributed by atoms with van der Waals surface area (Å²) in [6, 6.07) is -0.183. The van der Waals surface area contributed by atoms with E-state index >= 15 is 0 Å². The summed E-state index contributed by atoms with van der Waals surface area (Å²) in [6.07, 6.45) is 1.78. The molecule has 2 aliphatic heterocycles. The van der Waals surface area contributed by atoms with E-state index in [0.29, 0.717) is 24.8 Å². The second-order valence-electron chi connectivity index (χ2n) is 6.31. The third-order valence-electron chi connectivity index (χ3n) is 3.91. The zero-order valence-electron chi connectivity index (χ0n) is 11.8. The van der Waals surface area contributed by atoms with Crippen LogP contribution in [0.4, 0.5) is 0 Å². The van der Waals surface area contributed by atoms with Crippen molar-refractivity contribution >= 4 is 15.7 Å². The van der Waals surface area contributed by atoms with Crippen LogP contribution in [0.15, 0.2) is 0 Å². The van der Waals surface area contributed by atoms with Gasteiger partial charge in [-0.2, -0.15) is 0 Å². The second-order valence-corrected chi connectivity index (χ2v) is 8.54. The van der Waals surface area contributed by atoms with Crippen LogP contribution < -0.4 is 5.32 Å². The zero-order chi connectivity index (χ0) is 14.0. The molecule has 0 aromatic heterocycles. The highest BCUT2D eigenvalue weighted by Crippen LogP contribution is 2.20. The Labute approximate surface area is 115 Å². The monoisotopic (exact) mass is 288 g/mol. The second kappa shape index (κ2) is 5.79. The van der Waals surface area contributed by atoms with Crippen molar-refractivity contribution in [2.24, 2.45) is 11.8 Å². The zero-order valence-corrected chi connectivity index (χ0v) is 12.6. The molecule has 2 heterocycles. The van der Waals surface area contributed by atoms with Gasteiger partial charge in [0.15, 0.2) is 9.84 Å². The fraction of sp³-hybridized carbons (Fsp3) is 0.923. The topological polar surface area (TPSA) is 66.5 Å². The molecular weight excluding hydrogens is 264 g/mol. The van der Waals surface area contributed by atoms with Crippen LogP contribution in [-0.2, 0) is 14.6 Å². The first kappa shape index (κ1) is 14.8. The van der Waals surface area contributed by atoms with Crippen molar-refractivity contribution in [2.45, 2.75) is 32.7 Å². The summed E-state index contributed by atoms with van der Waals surface area (Å²) in [4.78, 5) is 14.1. The molecule has 2 fully saturated rings. The maximum Gasteiger partial charge on any atom is 0.234 e. The molecule has 3 atom stereocenters. The summed E-state index contributed by atoms with van der Waals surface area (Å²) >= 11 is 0. The number of amides is 1. The van der Waals surface area contributed by atoms with Crippen LogP contribution in [0.1, 0.15) is 26.7 Å². The van der Waals surface area contributed by atoms with E-state index in [-0.39, 0.29) is 23.5 Å². The molecule has 0 saturated carbocycles. The molecule has 1 amide bonds. The third-order valence-corrected chi connectivity index (χ3v) is 5.68. The molecule has 0 spiro atoms. The van der Waals surface area contributed by atoms with Crippen molar-refractivity contribution in [2.75, 3.05) is 31.1 Å². The molecule has 0 aliphatic carbocycles. The molecule has 2 rings (SSSR count). The van der Waals surface area contributed by atoms with Crippen LogP contribution in [-0.4, -0.2) is 56.4 Å². The molecule has 0 bridgehead atoms. The van der Waals surface area contributed by atoms with Crippen LogP contribution in [0, 0.1) is 11.8 Å². The Bertz CT molecular complexity index is 425. The lowest BCUT2D eigenvalue weighted by atomic mass is 9.92. The highest BCUT2D eigenvalue weighted by molar-refractivity contribution is 7.91. The van der Waals surface area contributed by atoms with Gasteiger partial charge >= 0.3 is 0 Å². The van der Waals surface area contributed by atoms with E-state index in [1.54, 1.807) is 0 Å². The molecule has 1 N–H and O–H groups in total. The van der Waals surface area contributed by atoms with Gasteiger partial charge in [-0.25, -0.2) is 8.42 Å². The first-order valence-electron chi connectivity index (χ1n) is 7.06. The Kier molecular flexibility index (Phi) is 4.50. The van der Waals surface area contributed by atoms with E-state index in [4.69, 9.17) is 0 Å². The Morgan fingerprint density at radius 1 is 1.26 bits per heavy atom. The lowest BCUT2D eigenvalue weighted by Gasteiger charge is -2.34. The maximum absolute atomic E-state index is 11.9. The lowest BCUT2D eigenvalue weighted by molar-refractivity contribution is -0.123. The van der Waals surface area contributed by atoms with Gasteiger partial charge in [0.1, 0.15) is 0 Å². The summed E-state index contributed by atoms with van der Waals surface area (Å²) in [7, 11) is -2.92. The molecule has 6 heteroatoms. The first-order valence-corrected chi connectivity index (χ1v) is 8.88. The van der Waals surface area contributed by atoms with Crippen molar-refractivity contribution < 1.29 is 13.2 Å². The third kappa shape index (κ3) is 4.45. The molecule has 0 aromatic rings. The fourth-order valence-electron chi connectivity index (χ4n) is 3.31. The molecule has 0 aromatic carbocycles. The molecule has 0 unspecified atom stereocenters. The number of hydrogen-bond donors (Lipinski definition) is 1. The number of carbonyl (C=O) groups excluding carboxylic acids is 1. The highest BCUT2D eigenvalue weighted by Gasteiger charge is 2.30. The Morgan fingerprint density at radius 2 is 1.89 bits per heavy atom. The van der Waals surface area contributed by atoms with E-state index < -0.39 is 9.84 Å². The van der Waals surface area contributed by atoms with E-state index in [1.807, 2.05) is 0 Å². The molecular formula is C13H24N2O3S. The highest BCUT2D eigenvalue weighted by atomic mass is 32.2. The average Bonchev–Trinajstić information content (AvgIpc) is 2.55. The summed E-state index contributed by atoms with van der Waals surface area (Å²) in [5.41, 5.74) is 0. The fourth-order valence-corrected chi connectivity index (χ4v) is 4.98. The van der Waals surface area contributed by atoms with Gasteiger partial charge in [0.25, 0.3) is 0 Å². The lowest BCUT2D eigenvalue weighted by Crippen LogP contribution is -2.47. The van der Waals surface area contributed by atoms with Crippen molar-refractivity contribution in [3.63, 3.8) is 0 Å². The molecule has 2 aliphatic rings. The summed E-state index contributed by atoms with van der Waals surface area (Å²) in [6.45, 7) is 6.74. The van der Waals surface area contributed by atoms with Gasteiger partial charge in [0.05, 0.1) is 18.1 Å². The van der Waals surface area contributed by atoms with Crippen molar-refractivity contribution in [1.82, 2.24) is 10.2 Å². The standard InChI is InChI=1S/C13H24N2O3S/c1-10-5-11(2)7-15(6-10)8-13(16)14-12-3-4-19(17,18)9-12/h10-12H,3-9H2,1-2H3,(H,14,16)/t10-,11+,12-/m0/s1. The normalized spacial score (nSPS) is 35.2. The quantitative estimate of drug-likeness (QED) is 0.809. The molecule has 110 valence electrons. The SMILES string of the molecule is C[C@@H]1C[C@H](C)CN(CC(=O)N[C@H]2CCS(=O)(=O)C2)C1. The Morgan fingerprint density at radius 3 is 2.42 bits per heavy atom. The number of piperidine rings is 1. The van der Waals surface area contributed by atoms with Gasteiger partial charge in [0, 0.05) is 19.1 Å². The van der Waals surface area contributed by atoms with Gasteiger partial charge in [-0.15, -0.1) is 0 Å². The van der Waals surface area contributed by atoms with Crippen LogP contribution in [0.5, 0.6) is 0 Å². The Hall–Kier alpha value is -0.620. The minimum atomic E-state index is -2.92. The predicted octanol–water partition coefficient (Wildman–Crippen LogP) is 0.268.